The van der Waals surface area contributed by atoms with E-state index < -0.39 is 0 Å². The molecule has 0 N–H and O–H groups in total. The molecule has 42 heavy (non-hydrogen) atoms. The molecule has 4 nitrogen and oxygen atoms in total. The largest absolute Gasteiger partial charge is 0.289 e. The van der Waals surface area contributed by atoms with Crippen molar-refractivity contribution in [2.45, 2.75) is 0 Å². The minimum atomic E-state index is -0.308. The maximum absolute atomic E-state index is 13.8. The van der Waals surface area contributed by atoms with Crippen LogP contribution in [0.15, 0.2) is 146 Å². The van der Waals surface area contributed by atoms with Gasteiger partial charge in [-0.05, 0) is 35.0 Å². The van der Waals surface area contributed by atoms with Crippen LogP contribution in [0.2, 0.25) is 0 Å². The van der Waals surface area contributed by atoms with Crippen molar-refractivity contribution < 1.29 is 19.2 Å². The highest BCUT2D eigenvalue weighted by Gasteiger charge is 2.24. The standard InChI is InChI=1S/C38H24O4/c39-35(25-13-5-1-6-14-25)31-21-29-23-33(37(41)27-17-9-3-10-18-27)34(38(42)28-19-11-4-12-20-28)24-30(29)22-32(31)36(40)26-15-7-2-8-16-26/h1-24H. The van der Waals surface area contributed by atoms with E-state index in [9.17, 15) is 19.2 Å². The van der Waals surface area contributed by atoms with Crippen molar-refractivity contribution in [2.24, 2.45) is 0 Å². The van der Waals surface area contributed by atoms with Crippen LogP contribution in [0.3, 0.4) is 0 Å². The third kappa shape index (κ3) is 5.09. The number of carbonyl (C=O) groups excluding carboxylic acids is 4. The van der Waals surface area contributed by atoms with Gasteiger partial charge in [-0.3, -0.25) is 19.2 Å². The third-order valence-electron chi connectivity index (χ3n) is 7.24. The molecular formula is C38H24O4. The summed E-state index contributed by atoms with van der Waals surface area (Å²) in [6.45, 7) is 0. The van der Waals surface area contributed by atoms with Gasteiger partial charge in [-0.15, -0.1) is 0 Å². The zero-order chi connectivity index (χ0) is 29.1. The fourth-order valence-electron chi connectivity index (χ4n) is 5.08. The number of benzene rings is 6. The fourth-order valence-corrected chi connectivity index (χ4v) is 5.08. The highest BCUT2D eigenvalue weighted by atomic mass is 16.1. The molecular weight excluding hydrogens is 520 g/mol. The van der Waals surface area contributed by atoms with Crippen LogP contribution in [-0.4, -0.2) is 23.1 Å². The van der Waals surface area contributed by atoms with Crippen LogP contribution in [0.4, 0.5) is 0 Å². The SMILES string of the molecule is O=C(c1ccccc1)c1cc2cc(C(=O)c3ccccc3)c(C(=O)c3ccccc3)cc2cc1C(=O)c1ccccc1. The van der Waals surface area contributed by atoms with E-state index in [0.29, 0.717) is 33.0 Å². The van der Waals surface area contributed by atoms with Crippen molar-refractivity contribution in [2.75, 3.05) is 0 Å². The van der Waals surface area contributed by atoms with Crippen molar-refractivity contribution in [1.82, 2.24) is 0 Å². The Bertz CT molecular complexity index is 1670. The van der Waals surface area contributed by atoms with Gasteiger partial charge in [-0.2, -0.15) is 0 Å². The molecule has 200 valence electrons. The molecule has 0 radical (unpaired) electrons. The van der Waals surface area contributed by atoms with E-state index in [4.69, 9.17) is 0 Å². The summed E-state index contributed by atoms with van der Waals surface area (Å²) in [6.07, 6.45) is 0. The summed E-state index contributed by atoms with van der Waals surface area (Å²) in [5.74, 6) is -1.23. The smallest absolute Gasteiger partial charge is 0.193 e. The van der Waals surface area contributed by atoms with Gasteiger partial charge in [-0.25, -0.2) is 0 Å². The van der Waals surface area contributed by atoms with Gasteiger partial charge in [0, 0.05) is 44.5 Å². The second kappa shape index (κ2) is 11.4. The lowest BCUT2D eigenvalue weighted by atomic mass is 9.87. The molecule has 0 aliphatic heterocycles. The van der Waals surface area contributed by atoms with Crippen LogP contribution >= 0.6 is 0 Å². The molecule has 6 rings (SSSR count). The van der Waals surface area contributed by atoms with E-state index in [-0.39, 0.29) is 45.4 Å². The van der Waals surface area contributed by atoms with Gasteiger partial charge in [0.05, 0.1) is 0 Å². The fraction of sp³-hybridized carbons (Fsp3) is 0. The molecule has 0 amide bonds. The highest BCUT2D eigenvalue weighted by molar-refractivity contribution is 6.24. The van der Waals surface area contributed by atoms with Crippen molar-refractivity contribution in [3.63, 3.8) is 0 Å². The number of rotatable bonds is 8. The lowest BCUT2D eigenvalue weighted by molar-refractivity contribution is 0.100. The van der Waals surface area contributed by atoms with Crippen molar-refractivity contribution in [3.05, 3.63) is 190 Å². The molecule has 0 atom stereocenters. The zero-order valence-corrected chi connectivity index (χ0v) is 22.5. The highest BCUT2D eigenvalue weighted by Crippen LogP contribution is 2.30. The summed E-state index contributed by atoms with van der Waals surface area (Å²) in [4.78, 5) is 55.1. The first-order valence-corrected chi connectivity index (χ1v) is 13.5. The molecule has 4 heteroatoms. The summed E-state index contributed by atoms with van der Waals surface area (Å²) < 4.78 is 0. The lowest BCUT2D eigenvalue weighted by Crippen LogP contribution is -2.13. The van der Waals surface area contributed by atoms with E-state index in [1.54, 1.807) is 121 Å². The Balaban J connectivity index is 1.61. The van der Waals surface area contributed by atoms with Gasteiger partial charge in [0.15, 0.2) is 23.1 Å². The van der Waals surface area contributed by atoms with E-state index in [1.165, 1.54) is 0 Å². The molecule has 0 aromatic heterocycles. The average molecular weight is 545 g/mol. The number of fused-ring (bicyclic) bond motifs is 1. The molecule has 0 unspecified atom stereocenters. The molecule has 0 fully saturated rings. The molecule has 0 aliphatic carbocycles. The molecule has 6 aromatic carbocycles. The number of hydrogen-bond acceptors (Lipinski definition) is 4. The number of hydrogen-bond donors (Lipinski definition) is 0. The minimum Gasteiger partial charge on any atom is -0.289 e. The Morgan fingerprint density at radius 3 is 0.667 bits per heavy atom. The average Bonchev–Trinajstić information content (AvgIpc) is 3.07. The topological polar surface area (TPSA) is 68.3 Å². The van der Waals surface area contributed by atoms with E-state index in [0.717, 1.165) is 0 Å². The molecule has 0 saturated carbocycles. The summed E-state index contributed by atoms with van der Waals surface area (Å²) in [5, 5.41) is 1.14. The van der Waals surface area contributed by atoms with Gasteiger partial charge >= 0.3 is 0 Å². The van der Waals surface area contributed by atoms with Crippen LogP contribution in [0.5, 0.6) is 0 Å². The maximum atomic E-state index is 13.8. The second-order valence-corrected chi connectivity index (χ2v) is 9.92. The first-order valence-electron chi connectivity index (χ1n) is 13.5. The quantitative estimate of drug-likeness (QED) is 0.184. The van der Waals surface area contributed by atoms with Crippen LogP contribution < -0.4 is 0 Å². The summed E-state index contributed by atoms with van der Waals surface area (Å²) in [5.41, 5.74) is 2.66. The van der Waals surface area contributed by atoms with E-state index in [2.05, 4.69) is 0 Å². The molecule has 0 saturated heterocycles. The predicted molar refractivity (Wildman–Crippen MR) is 163 cm³/mol. The van der Waals surface area contributed by atoms with E-state index in [1.807, 2.05) is 24.3 Å². The monoisotopic (exact) mass is 544 g/mol. The summed E-state index contributed by atoms with van der Waals surface area (Å²) >= 11 is 0. The maximum Gasteiger partial charge on any atom is 0.193 e. The Labute approximate surface area is 242 Å². The van der Waals surface area contributed by atoms with Crippen LogP contribution in [0.1, 0.15) is 63.7 Å². The second-order valence-electron chi connectivity index (χ2n) is 9.92. The number of carbonyl (C=O) groups is 4. The van der Waals surface area contributed by atoms with Crippen LogP contribution in [0, 0.1) is 0 Å². The Hall–Kier alpha value is -5.74. The van der Waals surface area contributed by atoms with Gasteiger partial charge in [0.25, 0.3) is 0 Å². The Morgan fingerprint density at radius 1 is 0.286 bits per heavy atom. The van der Waals surface area contributed by atoms with Crippen LogP contribution in [0.25, 0.3) is 10.8 Å². The minimum absolute atomic E-state index is 0.225. The lowest BCUT2D eigenvalue weighted by Gasteiger charge is -2.14. The Kier molecular flexibility index (Phi) is 7.19. The summed E-state index contributed by atoms with van der Waals surface area (Å²) in [7, 11) is 0. The predicted octanol–water partition coefficient (Wildman–Crippen LogP) is 7.76. The van der Waals surface area contributed by atoms with Crippen LogP contribution in [-0.2, 0) is 0 Å². The zero-order valence-electron chi connectivity index (χ0n) is 22.5. The third-order valence-corrected chi connectivity index (χ3v) is 7.24. The van der Waals surface area contributed by atoms with Gasteiger partial charge in [0.1, 0.15) is 0 Å². The molecule has 0 aliphatic rings. The molecule has 0 bridgehead atoms. The molecule has 6 aromatic rings. The van der Waals surface area contributed by atoms with Crippen molar-refractivity contribution in [1.29, 1.82) is 0 Å². The molecule has 0 spiro atoms. The number of ketones is 4. The first-order chi connectivity index (χ1) is 20.5. The van der Waals surface area contributed by atoms with Gasteiger partial charge in [-0.1, -0.05) is 121 Å². The summed E-state index contributed by atoms with van der Waals surface area (Å²) in [6, 6.07) is 41.7. The van der Waals surface area contributed by atoms with Crippen molar-refractivity contribution >= 4 is 33.9 Å². The Morgan fingerprint density at radius 2 is 0.476 bits per heavy atom. The molecule has 0 heterocycles. The normalized spacial score (nSPS) is 10.8. The van der Waals surface area contributed by atoms with Gasteiger partial charge in [0.2, 0.25) is 0 Å². The van der Waals surface area contributed by atoms with Crippen molar-refractivity contribution in [3.8, 4) is 0 Å². The van der Waals surface area contributed by atoms with Gasteiger partial charge < -0.3 is 0 Å². The van der Waals surface area contributed by atoms with E-state index >= 15 is 0 Å². The first kappa shape index (κ1) is 26.5.